The van der Waals surface area contributed by atoms with Crippen LogP contribution in [-0.2, 0) is 11.2 Å². The molecule has 1 aromatic heterocycles. The van der Waals surface area contributed by atoms with Crippen LogP contribution in [0.1, 0.15) is 36.8 Å². The summed E-state index contributed by atoms with van der Waals surface area (Å²) in [6.45, 7) is 2.01. The van der Waals surface area contributed by atoms with Crippen LogP contribution in [0.15, 0.2) is 42.6 Å². The van der Waals surface area contributed by atoms with Gasteiger partial charge in [-0.15, -0.1) is 0 Å². The number of carbonyl (C=O) groups excluding carboxylic acids is 1. The highest BCUT2D eigenvalue weighted by atomic mass is 16.5. The predicted molar refractivity (Wildman–Crippen MR) is 100 cm³/mol. The van der Waals surface area contributed by atoms with E-state index in [0.717, 1.165) is 42.6 Å². The van der Waals surface area contributed by atoms with Gasteiger partial charge in [0.1, 0.15) is 11.9 Å². The van der Waals surface area contributed by atoms with E-state index in [1.165, 1.54) is 0 Å². The number of aryl methyl sites for hydroxylation is 1. The number of methoxy groups -OCH3 is 1. The zero-order valence-corrected chi connectivity index (χ0v) is 15.4. The molecule has 1 N–H and O–H groups in total. The lowest BCUT2D eigenvalue weighted by Crippen LogP contribution is -2.40. The minimum atomic E-state index is 0.0692. The van der Waals surface area contributed by atoms with Crippen molar-refractivity contribution in [3.63, 3.8) is 0 Å². The number of rotatable bonds is 6. The van der Waals surface area contributed by atoms with E-state index in [1.807, 2.05) is 49.5 Å². The second-order valence-corrected chi connectivity index (χ2v) is 6.86. The minimum Gasteiger partial charge on any atom is -0.497 e. The Hall–Kier alpha value is -2.56. The van der Waals surface area contributed by atoms with Crippen molar-refractivity contribution in [2.24, 2.45) is 0 Å². The number of pyridine rings is 1. The van der Waals surface area contributed by atoms with E-state index in [2.05, 4.69) is 10.3 Å². The van der Waals surface area contributed by atoms with E-state index in [1.54, 1.807) is 7.11 Å². The third kappa shape index (κ3) is 5.22. The molecule has 5 nitrogen and oxygen atoms in total. The minimum absolute atomic E-state index is 0.0692. The summed E-state index contributed by atoms with van der Waals surface area (Å²) in [5.41, 5.74) is 2.12. The molecule has 0 unspecified atom stereocenters. The molecule has 1 heterocycles. The van der Waals surface area contributed by atoms with Crippen molar-refractivity contribution < 1.29 is 14.3 Å². The Morgan fingerprint density at radius 1 is 1.12 bits per heavy atom. The largest absolute Gasteiger partial charge is 0.497 e. The Balaban J connectivity index is 1.41. The van der Waals surface area contributed by atoms with Gasteiger partial charge in [0, 0.05) is 18.3 Å². The molecule has 0 atom stereocenters. The van der Waals surface area contributed by atoms with Gasteiger partial charge in [-0.25, -0.2) is 4.98 Å². The van der Waals surface area contributed by atoms with Gasteiger partial charge in [0.05, 0.1) is 13.5 Å². The van der Waals surface area contributed by atoms with E-state index in [9.17, 15) is 4.79 Å². The van der Waals surface area contributed by atoms with Crippen molar-refractivity contribution in [3.8, 4) is 11.6 Å². The monoisotopic (exact) mass is 354 g/mol. The van der Waals surface area contributed by atoms with Crippen molar-refractivity contribution in [1.82, 2.24) is 10.3 Å². The summed E-state index contributed by atoms with van der Waals surface area (Å²) in [7, 11) is 1.64. The van der Waals surface area contributed by atoms with E-state index >= 15 is 0 Å². The van der Waals surface area contributed by atoms with Gasteiger partial charge in [-0.05, 0) is 55.9 Å². The molecule has 0 aliphatic heterocycles. The van der Waals surface area contributed by atoms with Crippen LogP contribution in [0.2, 0.25) is 0 Å². The Bertz CT molecular complexity index is 705. The van der Waals surface area contributed by atoms with Crippen LogP contribution in [-0.4, -0.2) is 30.1 Å². The Morgan fingerprint density at radius 3 is 2.46 bits per heavy atom. The van der Waals surface area contributed by atoms with Crippen molar-refractivity contribution >= 4 is 5.91 Å². The van der Waals surface area contributed by atoms with Gasteiger partial charge in [0.2, 0.25) is 11.8 Å². The van der Waals surface area contributed by atoms with Crippen LogP contribution in [0.5, 0.6) is 11.6 Å². The van der Waals surface area contributed by atoms with Gasteiger partial charge in [-0.1, -0.05) is 18.2 Å². The molecule has 1 aliphatic carbocycles. The summed E-state index contributed by atoms with van der Waals surface area (Å²) in [6.07, 6.45) is 6.13. The summed E-state index contributed by atoms with van der Waals surface area (Å²) in [5, 5.41) is 3.15. The average Bonchev–Trinajstić information content (AvgIpc) is 2.66. The summed E-state index contributed by atoms with van der Waals surface area (Å²) >= 11 is 0. The van der Waals surface area contributed by atoms with Gasteiger partial charge in [-0.3, -0.25) is 4.79 Å². The fourth-order valence-corrected chi connectivity index (χ4v) is 3.23. The maximum absolute atomic E-state index is 12.3. The molecule has 1 fully saturated rings. The highest BCUT2D eigenvalue weighted by Gasteiger charge is 2.23. The zero-order valence-electron chi connectivity index (χ0n) is 15.4. The van der Waals surface area contributed by atoms with Crippen LogP contribution >= 0.6 is 0 Å². The van der Waals surface area contributed by atoms with Crippen molar-refractivity contribution in [3.05, 3.63) is 53.7 Å². The van der Waals surface area contributed by atoms with Crippen LogP contribution in [0.3, 0.4) is 0 Å². The third-order valence-electron chi connectivity index (χ3n) is 4.73. The highest BCUT2D eigenvalue weighted by molar-refractivity contribution is 5.78. The summed E-state index contributed by atoms with van der Waals surface area (Å²) in [6, 6.07) is 11.8. The van der Waals surface area contributed by atoms with Crippen LogP contribution in [0, 0.1) is 6.92 Å². The second kappa shape index (κ2) is 8.70. The number of nitrogens with one attached hydrogen (secondary N) is 1. The van der Waals surface area contributed by atoms with Gasteiger partial charge in [0.15, 0.2) is 0 Å². The molecule has 26 heavy (non-hydrogen) atoms. The smallest absolute Gasteiger partial charge is 0.224 e. The summed E-state index contributed by atoms with van der Waals surface area (Å²) in [4.78, 5) is 16.6. The van der Waals surface area contributed by atoms with E-state index in [0.29, 0.717) is 12.3 Å². The highest BCUT2D eigenvalue weighted by Crippen LogP contribution is 2.23. The lowest BCUT2D eigenvalue weighted by atomic mass is 9.92. The van der Waals surface area contributed by atoms with E-state index in [4.69, 9.17) is 9.47 Å². The lowest BCUT2D eigenvalue weighted by Gasteiger charge is -2.29. The second-order valence-electron chi connectivity index (χ2n) is 6.86. The first-order valence-electron chi connectivity index (χ1n) is 9.14. The van der Waals surface area contributed by atoms with E-state index < -0.39 is 0 Å². The molecule has 2 aromatic rings. The Labute approximate surface area is 154 Å². The van der Waals surface area contributed by atoms with Crippen LogP contribution in [0.25, 0.3) is 0 Å². The molecule has 0 saturated heterocycles. The average molecular weight is 354 g/mol. The molecule has 5 heteroatoms. The molecule has 138 valence electrons. The lowest BCUT2D eigenvalue weighted by molar-refractivity contribution is -0.121. The SMILES string of the molecule is COc1ccc(CC(=O)NC2CCC(Oc3ccc(C)cn3)CC2)cc1. The molecule has 3 rings (SSSR count). The number of hydrogen-bond donors (Lipinski definition) is 1. The molecule has 1 aliphatic rings. The molecular weight excluding hydrogens is 328 g/mol. The number of aromatic nitrogens is 1. The topological polar surface area (TPSA) is 60.5 Å². The molecular formula is C21H26N2O3. The van der Waals surface area contributed by atoms with Crippen LogP contribution in [0.4, 0.5) is 0 Å². The number of ether oxygens (including phenoxy) is 2. The summed E-state index contributed by atoms with van der Waals surface area (Å²) in [5.74, 6) is 1.55. The number of nitrogens with zero attached hydrogens (tertiary/aromatic N) is 1. The predicted octanol–water partition coefficient (Wildman–Crippen LogP) is 3.45. The molecule has 0 radical (unpaired) electrons. The maximum Gasteiger partial charge on any atom is 0.224 e. The standard InChI is InChI=1S/C21H26N2O3/c1-15-3-12-21(22-14-15)26-19-10-6-17(7-11-19)23-20(24)13-16-4-8-18(25-2)9-5-16/h3-5,8-9,12,14,17,19H,6-7,10-11,13H2,1-2H3,(H,23,24). The van der Waals surface area contributed by atoms with Gasteiger partial charge >= 0.3 is 0 Å². The van der Waals surface area contributed by atoms with Crippen molar-refractivity contribution in [1.29, 1.82) is 0 Å². The fraction of sp³-hybridized carbons (Fsp3) is 0.429. The first-order chi connectivity index (χ1) is 12.6. The number of hydrogen-bond acceptors (Lipinski definition) is 4. The Morgan fingerprint density at radius 2 is 1.85 bits per heavy atom. The molecule has 1 aromatic carbocycles. The first-order valence-corrected chi connectivity index (χ1v) is 9.14. The van der Waals surface area contributed by atoms with Crippen molar-refractivity contribution in [2.45, 2.75) is 51.2 Å². The summed E-state index contributed by atoms with van der Waals surface area (Å²) < 4.78 is 11.1. The van der Waals surface area contributed by atoms with Crippen LogP contribution < -0.4 is 14.8 Å². The number of amides is 1. The molecule has 1 saturated carbocycles. The zero-order chi connectivity index (χ0) is 18.4. The normalized spacial score (nSPS) is 19.6. The quantitative estimate of drug-likeness (QED) is 0.863. The Kier molecular flexibility index (Phi) is 6.10. The molecule has 1 amide bonds. The van der Waals surface area contributed by atoms with Crippen molar-refractivity contribution in [2.75, 3.05) is 7.11 Å². The number of carbonyl (C=O) groups is 1. The van der Waals surface area contributed by atoms with Gasteiger partial charge < -0.3 is 14.8 Å². The first kappa shape index (κ1) is 18.2. The number of benzene rings is 1. The molecule has 0 spiro atoms. The molecule has 0 bridgehead atoms. The van der Waals surface area contributed by atoms with Gasteiger partial charge in [-0.2, -0.15) is 0 Å². The van der Waals surface area contributed by atoms with Gasteiger partial charge in [0.25, 0.3) is 0 Å². The maximum atomic E-state index is 12.3. The fourth-order valence-electron chi connectivity index (χ4n) is 3.23. The van der Waals surface area contributed by atoms with E-state index in [-0.39, 0.29) is 18.1 Å². The third-order valence-corrected chi connectivity index (χ3v) is 4.73.